The maximum Gasteiger partial charge on any atom is 0.125 e. The van der Waals surface area contributed by atoms with Gasteiger partial charge in [0, 0.05) is 17.8 Å². The number of ether oxygens (including phenoxy) is 1. The van der Waals surface area contributed by atoms with Crippen LogP contribution >= 0.6 is 0 Å². The van der Waals surface area contributed by atoms with Crippen molar-refractivity contribution in [2.75, 3.05) is 13.2 Å². The molecule has 0 radical (unpaired) electrons. The zero-order chi connectivity index (χ0) is 15.5. The van der Waals surface area contributed by atoms with Crippen molar-refractivity contribution in [2.24, 2.45) is 4.99 Å². The number of nitrogens with one attached hydrogen (secondary N) is 1. The summed E-state index contributed by atoms with van der Waals surface area (Å²) < 4.78 is 5.88. The molecule has 4 nitrogen and oxygen atoms in total. The fraction of sp³-hybridized carbons (Fsp3) is 0.389. The fourth-order valence-corrected chi connectivity index (χ4v) is 2.64. The van der Waals surface area contributed by atoms with Gasteiger partial charge in [-0.25, -0.2) is 4.99 Å². The number of aliphatic hydroxyl groups excluding tert-OH is 1. The van der Waals surface area contributed by atoms with Gasteiger partial charge in [0.2, 0.25) is 0 Å². The lowest BCUT2D eigenvalue weighted by Crippen LogP contribution is -2.34. The molecule has 1 atom stereocenters. The molecule has 1 heterocycles. The van der Waals surface area contributed by atoms with Gasteiger partial charge in [0.1, 0.15) is 18.5 Å². The van der Waals surface area contributed by atoms with E-state index in [9.17, 15) is 5.11 Å². The predicted molar refractivity (Wildman–Crippen MR) is 86.5 cm³/mol. The summed E-state index contributed by atoms with van der Waals surface area (Å²) in [5, 5.41) is 15.3. The van der Waals surface area contributed by atoms with Crippen molar-refractivity contribution in [1.82, 2.24) is 5.32 Å². The number of rotatable bonds is 6. The first kappa shape index (κ1) is 15.0. The molecular weight excluding hydrogens is 276 g/mol. The third-order valence-electron chi connectivity index (χ3n) is 3.72. The Bertz CT molecular complexity index is 732. The van der Waals surface area contributed by atoms with Crippen molar-refractivity contribution in [3.8, 4) is 0 Å². The maximum atomic E-state index is 10.0. The minimum atomic E-state index is -0.521. The molecule has 0 saturated carbocycles. The Morgan fingerprint density at radius 1 is 1.27 bits per heavy atom. The molecule has 22 heavy (non-hydrogen) atoms. The van der Waals surface area contributed by atoms with Crippen LogP contribution in [0.25, 0.3) is 5.57 Å². The van der Waals surface area contributed by atoms with Crippen LogP contribution < -0.4 is 15.9 Å². The van der Waals surface area contributed by atoms with Crippen LogP contribution in [0.4, 0.5) is 0 Å². The van der Waals surface area contributed by atoms with Crippen LogP contribution in [0.5, 0.6) is 0 Å². The van der Waals surface area contributed by atoms with E-state index in [1.165, 1.54) is 0 Å². The lowest BCUT2D eigenvalue weighted by molar-refractivity contribution is 0.0747. The van der Waals surface area contributed by atoms with Crippen LogP contribution in [0.1, 0.15) is 20.3 Å². The van der Waals surface area contributed by atoms with E-state index in [0.29, 0.717) is 12.6 Å². The first-order valence-corrected chi connectivity index (χ1v) is 7.78. The number of allylic oxidation sites excluding steroid dienone is 2. The van der Waals surface area contributed by atoms with Gasteiger partial charge in [0.15, 0.2) is 0 Å². The van der Waals surface area contributed by atoms with E-state index in [1.54, 1.807) is 0 Å². The van der Waals surface area contributed by atoms with Gasteiger partial charge in [0.25, 0.3) is 0 Å². The Morgan fingerprint density at radius 2 is 2.09 bits per heavy atom. The molecule has 0 spiro atoms. The molecule has 1 aromatic rings. The van der Waals surface area contributed by atoms with E-state index >= 15 is 0 Å². The highest BCUT2D eigenvalue weighted by atomic mass is 16.5. The zero-order valence-electron chi connectivity index (χ0n) is 13.0. The topological polar surface area (TPSA) is 53.8 Å². The monoisotopic (exact) mass is 298 g/mol. The van der Waals surface area contributed by atoms with E-state index in [-0.39, 0.29) is 6.61 Å². The van der Waals surface area contributed by atoms with E-state index in [1.807, 2.05) is 18.2 Å². The number of nitrogens with zero attached hydrogens (tertiary/aromatic N) is 1. The van der Waals surface area contributed by atoms with Gasteiger partial charge in [0.05, 0.1) is 16.6 Å². The van der Waals surface area contributed by atoms with Crippen molar-refractivity contribution in [3.63, 3.8) is 0 Å². The Balaban J connectivity index is 1.74. The molecule has 1 aromatic carbocycles. The molecule has 4 heteroatoms. The zero-order valence-corrected chi connectivity index (χ0v) is 13.0. The van der Waals surface area contributed by atoms with Crippen molar-refractivity contribution in [3.05, 3.63) is 58.4 Å². The van der Waals surface area contributed by atoms with Gasteiger partial charge in [-0.05, 0) is 18.6 Å². The summed E-state index contributed by atoms with van der Waals surface area (Å²) in [6.07, 6.45) is 4.45. The highest BCUT2D eigenvalue weighted by molar-refractivity contribution is 5.78. The molecular formula is C18H22N2O2. The second kappa shape index (κ2) is 6.46. The normalized spacial score (nSPS) is 17.4. The number of para-hydroxylation sites is 1. The molecule has 1 aliphatic carbocycles. The number of benzene rings is 1. The van der Waals surface area contributed by atoms with Gasteiger partial charge in [-0.2, -0.15) is 0 Å². The molecule has 0 fully saturated rings. The van der Waals surface area contributed by atoms with Gasteiger partial charge in [-0.3, -0.25) is 0 Å². The average molecular weight is 298 g/mol. The van der Waals surface area contributed by atoms with Crippen molar-refractivity contribution < 1.29 is 9.84 Å². The smallest absolute Gasteiger partial charge is 0.125 e. The molecule has 3 rings (SSSR count). The van der Waals surface area contributed by atoms with Crippen LogP contribution in [0.2, 0.25) is 0 Å². The van der Waals surface area contributed by atoms with E-state index < -0.39 is 6.10 Å². The lowest BCUT2D eigenvalue weighted by Gasteiger charge is -2.19. The molecule has 0 bridgehead atoms. The minimum absolute atomic E-state index is 0.282. The third-order valence-corrected chi connectivity index (χ3v) is 3.72. The first-order valence-electron chi connectivity index (χ1n) is 7.78. The summed E-state index contributed by atoms with van der Waals surface area (Å²) in [6.45, 7) is 4.93. The van der Waals surface area contributed by atoms with Gasteiger partial charge in [-0.1, -0.05) is 38.1 Å². The average Bonchev–Trinajstić information content (AvgIpc) is 2.90. The van der Waals surface area contributed by atoms with Crippen LogP contribution in [0.15, 0.2) is 52.9 Å². The third kappa shape index (κ3) is 3.13. The SMILES string of the molecule is CC(C)NCC(O)COC1=CCC=C2N=c3ccccc3=C21. The second-order valence-corrected chi connectivity index (χ2v) is 5.93. The number of hydrogen-bond donors (Lipinski definition) is 2. The molecule has 2 aliphatic rings. The van der Waals surface area contributed by atoms with Crippen LogP contribution in [0.3, 0.4) is 0 Å². The summed E-state index contributed by atoms with van der Waals surface area (Å²) in [7, 11) is 0. The molecule has 0 aromatic heterocycles. The molecule has 0 amide bonds. The summed E-state index contributed by atoms with van der Waals surface area (Å²) in [4.78, 5) is 4.64. The summed E-state index contributed by atoms with van der Waals surface area (Å²) >= 11 is 0. The highest BCUT2D eigenvalue weighted by Gasteiger charge is 2.21. The Kier molecular flexibility index (Phi) is 4.41. The summed E-state index contributed by atoms with van der Waals surface area (Å²) in [6, 6.07) is 8.44. The van der Waals surface area contributed by atoms with Crippen LogP contribution in [0, 0.1) is 0 Å². The molecule has 1 aliphatic heterocycles. The lowest BCUT2D eigenvalue weighted by atomic mass is 10.0. The fourth-order valence-electron chi connectivity index (χ4n) is 2.64. The Labute approximate surface area is 130 Å². The van der Waals surface area contributed by atoms with Gasteiger partial charge < -0.3 is 15.2 Å². The largest absolute Gasteiger partial charge is 0.490 e. The van der Waals surface area contributed by atoms with Crippen LogP contribution in [-0.2, 0) is 4.74 Å². The highest BCUT2D eigenvalue weighted by Crippen LogP contribution is 2.28. The first-order chi connectivity index (χ1) is 10.6. The quantitative estimate of drug-likeness (QED) is 0.824. The minimum Gasteiger partial charge on any atom is -0.490 e. The van der Waals surface area contributed by atoms with E-state index in [0.717, 1.165) is 34.0 Å². The van der Waals surface area contributed by atoms with E-state index in [4.69, 9.17) is 4.74 Å². The summed E-state index contributed by atoms with van der Waals surface area (Å²) in [5.74, 6) is 0.829. The Morgan fingerprint density at radius 3 is 2.91 bits per heavy atom. The predicted octanol–water partition coefficient (Wildman–Crippen LogP) is 1.02. The second-order valence-electron chi connectivity index (χ2n) is 5.93. The number of fused-ring (bicyclic) bond motifs is 2. The van der Waals surface area contributed by atoms with Crippen molar-refractivity contribution in [2.45, 2.75) is 32.4 Å². The summed E-state index contributed by atoms with van der Waals surface area (Å²) in [5.41, 5.74) is 2.03. The van der Waals surface area contributed by atoms with Crippen molar-refractivity contribution >= 4 is 5.57 Å². The molecule has 2 N–H and O–H groups in total. The van der Waals surface area contributed by atoms with E-state index in [2.05, 4.69) is 42.4 Å². The van der Waals surface area contributed by atoms with Crippen molar-refractivity contribution in [1.29, 1.82) is 0 Å². The van der Waals surface area contributed by atoms with Gasteiger partial charge >= 0.3 is 0 Å². The maximum absolute atomic E-state index is 10.0. The number of hydrogen-bond acceptors (Lipinski definition) is 4. The van der Waals surface area contributed by atoms with Crippen LogP contribution in [-0.4, -0.2) is 30.4 Å². The standard InChI is InChI=1S/C18H22N2O2/c1-12(2)19-10-13(21)11-22-17-9-5-8-16-18(17)14-6-3-4-7-15(14)20-16/h3-4,6-9,12-13,19,21H,5,10-11H2,1-2H3. The van der Waals surface area contributed by atoms with Gasteiger partial charge in [-0.15, -0.1) is 0 Å². The molecule has 116 valence electrons. The number of aliphatic hydroxyl groups is 1. The molecule has 1 unspecified atom stereocenters. The Hall–Kier alpha value is -1.91. The molecule has 0 saturated heterocycles.